The number of thioether (sulfide) groups is 1. The normalized spacial score (nSPS) is 12.0. The maximum Gasteiger partial charge on any atom is 0.00752 e. The summed E-state index contributed by atoms with van der Waals surface area (Å²) in [6, 6.07) is 15.9. The van der Waals surface area contributed by atoms with Crippen molar-refractivity contribution in [2.24, 2.45) is 5.92 Å². The maximum atomic E-state index is 2.42. The summed E-state index contributed by atoms with van der Waals surface area (Å²) in [5, 5.41) is 0. The molecule has 2 aromatic carbocycles. The number of hydrogen-bond donors (Lipinski definition) is 0. The molecule has 2 aromatic rings. The first kappa shape index (κ1) is 17.1. The molecule has 0 radical (unpaired) electrons. The number of hydrogen-bond acceptors (Lipinski definition) is 1. The molecule has 0 unspecified atom stereocenters. The van der Waals surface area contributed by atoms with Gasteiger partial charge in [-0.2, -0.15) is 0 Å². The minimum absolute atomic E-state index is 0.150. The van der Waals surface area contributed by atoms with Crippen LogP contribution in [0.5, 0.6) is 0 Å². The lowest BCUT2D eigenvalue weighted by Gasteiger charge is -2.25. The minimum Gasteiger partial charge on any atom is -0.130 e. The molecule has 0 aliphatic heterocycles. The van der Waals surface area contributed by atoms with Crippen molar-refractivity contribution in [3.8, 4) is 11.1 Å². The third-order valence-electron chi connectivity index (χ3n) is 3.92. The lowest BCUT2D eigenvalue weighted by Crippen LogP contribution is -2.13. The molecule has 0 atom stereocenters. The Morgan fingerprint density at radius 1 is 1.00 bits per heavy atom. The summed E-state index contributed by atoms with van der Waals surface area (Å²) in [7, 11) is 0. The van der Waals surface area contributed by atoms with Gasteiger partial charge in [-0.1, -0.05) is 65.0 Å². The average molecular weight is 313 g/mol. The zero-order valence-electron chi connectivity index (χ0n) is 14.7. The van der Waals surface area contributed by atoms with Crippen LogP contribution in [-0.4, -0.2) is 6.26 Å². The Labute approximate surface area is 140 Å². The van der Waals surface area contributed by atoms with Gasteiger partial charge in [-0.05, 0) is 58.4 Å². The summed E-state index contributed by atoms with van der Waals surface area (Å²) in [6.45, 7) is 11.5. The van der Waals surface area contributed by atoms with Crippen LogP contribution < -0.4 is 0 Å². The van der Waals surface area contributed by atoms with E-state index < -0.39 is 0 Å². The summed E-state index contributed by atoms with van der Waals surface area (Å²) in [6.07, 6.45) is 3.28. The molecule has 0 saturated heterocycles. The molecule has 0 aromatic heterocycles. The van der Waals surface area contributed by atoms with E-state index in [1.807, 2.05) is 0 Å². The Kier molecular flexibility index (Phi) is 5.39. The molecule has 0 heterocycles. The average Bonchev–Trinajstić information content (AvgIpc) is 2.45. The Morgan fingerprint density at radius 3 is 2.32 bits per heavy atom. The topological polar surface area (TPSA) is 0 Å². The highest BCUT2D eigenvalue weighted by Gasteiger charge is 2.19. The van der Waals surface area contributed by atoms with Gasteiger partial charge in [0, 0.05) is 4.90 Å². The predicted molar refractivity (Wildman–Crippen MR) is 101 cm³/mol. The molecular weight excluding hydrogens is 284 g/mol. The van der Waals surface area contributed by atoms with Crippen LogP contribution in [0.1, 0.15) is 45.7 Å². The Morgan fingerprint density at radius 2 is 1.73 bits per heavy atom. The van der Waals surface area contributed by atoms with Gasteiger partial charge in [-0.25, -0.2) is 0 Å². The van der Waals surface area contributed by atoms with E-state index in [9.17, 15) is 0 Å². The number of rotatable bonds is 4. The second kappa shape index (κ2) is 6.91. The van der Waals surface area contributed by atoms with Crippen LogP contribution in [0.25, 0.3) is 11.1 Å². The summed E-state index contributed by atoms with van der Waals surface area (Å²) < 4.78 is 0. The van der Waals surface area contributed by atoms with Gasteiger partial charge in [0.2, 0.25) is 0 Å². The molecule has 1 heteroatoms. The highest BCUT2D eigenvalue weighted by Crippen LogP contribution is 2.35. The summed E-state index contributed by atoms with van der Waals surface area (Å²) >= 11 is 1.80. The molecule has 118 valence electrons. The summed E-state index contributed by atoms with van der Waals surface area (Å²) in [5.41, 5.74) is 5.75. The standard InChI is InChI=1S/C21H28S/c1-15(2)12-16-10-11-19(20(13-16)21(3,4)5)17-8-7-9-18(14-17)22-6/h7-11,13-15H,12H2,1-6H3. The van der Waals surface area contributed by atoms with Gasteiger partial charge in [0.25, 0.3) is 0 Å². The van der Waals surface area contributed by atoms with Gasteiger partial charge in [0.1, 0.15) is 0 Å². The van der Waals surface area contributed by atoms with Gasteiger partial charge in [0.15, 0.2) is 0 Å². The Bertz CT molecular complexity index is 633. The highest BCUT2D eigenvalue weighted by atomic mass is 32.2. The van der Waals surface area contributed by atoms with Crippen molar-refractivity contribution in [2.75, 3.05) is 6.26 Å². The molecule has 0 N–H and O–H groups in total. The fraction of sp³-hybridized carbons (Fsp3) is 0.429. The Hall–Kier alpha value is -1.21. The van der Waals surface area contributed by atoms with Crippen molar-refractivity contribution in [3.63, 3.8) is 0 Å². The van der Waals surface area contributed by atoms with Gasteiger partial charge < -0.3 is 0 Å². The van der Waals surface area contributed by atoms with E-state index in [2.05, 4.69) is 83.3 Å². The molecular formula is C21H28S. The van der Waals surface area contributed by atoms with Crippen LogP contribution in [-0.2, 0) is 11.8 Å². The first-order valence-electron chi connectivity index (χ1n) is 8.09. The quantitative estimate of drug-likeness (QED) is 0.575. The van der Waals surface area contributed by atoms with Crippen molar-refractivity contribution >= 4 is 11.8 Å². The van der Waals surface area contributed by atoms with Crippen LogP contribution in [0, 0.1) is 5.92 Å². The molecule has 0 spiro atoms. The smallest absolute Gasteiger partial charge is 0.00752 e. The number of benzene rings is 2. The third kappa shape index (κ3) is 4.16. The molecule has 0 saturated carbocycles. The van der Waals surface area contributed by atoms with Crippen LogP contribution in [0.2, 0.25) is 0 Å². The van der Waals surface area contributed by atoms with E-state index >= 15 is 0 Å². The van der Waals surface area contributed by atoms with Crippen molar-refractivity contribution in [1.29, 1.82) is 0 Å². The first-order valence-corrected chi connectivity index (χ1v) is 9.31. The lowest BCUT2D eigenvalue weighted by atomic mass is 9.80. The summed E-state index contributed by atoms with van der Waals surface area (Å²) in [4.78, 5) is 1.32. The maximum absolute atomic E-state index is 2.42. The van der Waals surface area contributed by atoms with Crippen molar-refractivity contribution in [3.05, 3.63) is 53.6 Å². The molecule has 2 rings (SSSR count). The van der Waals surface area contributed by atoms with Crippen LogP contribution in [0.15, 0.2) is 47.4 Å². The zero-order chi connectivity index (χ0) is 16.3. The van der Waals surface area contributed by atoms with Crippen molar-refractivity contribution < 1.29 is 0 Å². The van der Waals surface area contributed by atoms with E-state index in [1.54, 1.807) is 11.8 Å². The van der Waals surface area contributed by atoms with Crippen LogP contribution in [0.4, 0.5) is 0 Å². The summed E-state index contributed by atoms with van der Waals surface area (Å²) in [5.74, 6) is 0.693. The molecule has 0 nitrogen and oxygen atoms in total. The van der Waals surface area contributed by atoms with E-state index in [-0.39, 0.29) is 5.41 Å². The van der Waals surface area contributed by atoms with Gasteiger partial charge in [0.05, 0.1) is 0 Å². The molecule has 22 heavy (non-hydrogen) atoms. The second-order valence-corrected chi connectivity index (χ2v) is 8.34. The monoisotopic (exact) mass is 312 g/mol. The molecule has 0 bridgehead atoms. The van der Waals surface area contributed by atoms with Gasteiger partial charge >= 0.3 is 0 Å². The van der Waals surface area contributed by atoms with Crippen LogP contribution in [0.3, 0.4) is 0 Å². The Balaban J connectivity index is 2.54. The van der Waals surface area contributed by atoms with Gasteiger partial charge in [-0.3, -0.25) is 0 Å². The predicted octanol–water partition coefficient (Wildman–Crippen LogP) is 6.57. The van der Waals surface area contributed by atoms with Crippen molar-refractivity contribution in [1.82, 2.24) is 0 Å². The highest BCUT2D eigenvalue weighted by molar-refractivity contribution is 7.98. The molecule has 0 aliphatic carbocycles. The van der Waals surface area contributed by atoms with E-state index in [0.29, 0.717) is 5.92 Å². The minimum atomic E-state index is 0.150. The SMILES string of the molecule is CSc1cccc(-c2ccc(CC(C)C)cc2C(C)(C)C)c1. The molecule has 0 amide bonds. The van der Waals surface area contributed by atoms with Crippen molar-refractivity contribution in [2.45, 2.75) is 51.3 Å². The molecule has 0 fully saturated rings. The lowest BCUT2D eigenvalue weighted by molar-refractivity contribution is 0.588. The zero-order valence-corrected chi connectivity index (χ0v) is 15.6. The fourth-order valence-corrected chi connectivity index (χ4v) is 3.31. The van der Waals surface area contributed by atoms with Gasteiger partial charge in [-0.15, -0.1) is 11.8 Å². The van der Waals surface area contributed by atoms with E-state index in [1.165, 1.54) is 27.1 Å². The fourth-order valence-electron chi connectivity index (χ4n) is 2.85. The second-order valence-electron chi connectivity index (χ2n) is 7.46. The van der Waals surface area contributed by atoms with Crippen LogP contribution >= 0.6 is 11.8 Å². The van der Waals surface area contributed by atoms with E-state index in [4.69, 9.17) is 0 Å². The largest absolute Gasteiger partial charge is 0.130 e. The first-order chi connectivity index (χ1) is 10.3. The third-order valence-corrected chi connectivity index (χ3v) is 4.64. The van der Waals surface area contributed by atoms with E-state index in [0.717, 1.165) is 6.42 Å². The molecule has 0 aliphatic rings.